The minimum atomic E-state index is -0.267. The van der Waals surface area contributed by atoms with Gasteiger partial charge in [0, 0.05) is 11.1 Å². The number of halogens is 1. The summed E-state index contributed by atoms with van der Waals surface area (Å²) < 4.78 is 0. The number of carbonyl (C=O) groups is 1. The van der Waals surface area contributed by atoms with Gasteiger partial charge in [-0.1, -0.05) is 24.4 Å². The Morgan fingerprint density at radius 1 is 1.25 bits per heavy atom. The third-order valence-corrected chi connectivity index (χ3v) is 3.62. The van der Waals surface area contributed by atoms with Gasteiger partial charge in [-0.15, -0.1) is 15.0 Å². The molecule has 6 nitrogen and oxygen atoms in total. The second kappa shape index (κ2) is 5.58. The van der Waals surface area contributed by atoms with Gasteiger partial charge in [0.25, 0.3) is 11.7 Å². The van der Waals surface area contributed by atoms with Gasteiger partial charge in [0.15, 0.2) is 0 Å². The maximum absolute atomic E-state index is 12.0. The average molecular weight is 292 g/mol. The van der Waals surface area contributed by atoms with Gasteiger partial charge in [-0.05, 0) is 42.3 Å². The first kappa shape index (κ1) is 13.1. The first-order chi connectivity index (χ1) is 9.72. The van der Waals surface area contributed by atoms with Crippen molar-refractivity contribution >= 4 is 17.5 Å². The van der Waals surface area contributed by atoms with Crippen LogP contribution in [-0.4, -0.2) is 32.2 Å². The average Bonchev–Trinajstić information content (AvgIpc) is 3.10. The second-order valence-electron chi connectivity index (χ2n) is 4.83. The van der Waals surface area contributed by atoms with Crippen LogP contribution in [0.1, 0.15) is 36.3 Å². The largest absolute Gasteiger partial charge is 0.346 e. The van der Waals surface area contributed by atoms with E-state index < -0.39 is 0 Å². The van der Waals surface area contributed by atoms with Crippen LogP contribution in [0, 0.1) is 0 Å². The van der Waals surface area contributed by atoms with Gasteiger partial charge in [-0.3, -0.25) is 4.79 Å². The lowest BCUT2D eigenvalue weighted by Gasteiger charge is -2.08. The summed E-state index contributed by atoms with van der Waals surface area (Å²) in [5, 5.41) is 15.3. The monoisotopic (exact) mass is 291 g/mol. The molecule has 0 aliphatic heterocycles. The lowest BCUT2D eigenvalue weighted by Crippen LogP contribution is -2.33. The molecule has 7 heteroatoms. The fourth-order valence-corrected chi connectivity index (χ4v) is 2.44. The molecule has 0 radical (unpaired) electrons. The van der Waals surface area contributed by atoms with E-state index in [1.54, 1.807) is 24.3 Å². The predicted molar refractivity (Wildman–Crippen MR) is 73.9 cm³/mol. The molecule has 1 amide bonds. The Balaban J connectivity index is 1.72. The fourth-order valence-electron chi connectivity index (χ4n) is 2.31. The molecular weight excluding hydrogens is 278 g/mol. The van der Waals surface area contributed by atoms with E-state index >= 15 is 0 Å². The van der Waals surface area contributed by atoms with Crippen molar-refractivity contribution in [2.75, 3.05) is 0 Å². The molecule has 104 valence electrons. The molecule has 1 aromatic carbocycles. The Labute approximate surface area is 121 Å². The lowest BCUT2D eigenvalue weighted by atomic mass is 10.2. The molecule has 1 aromatic heterocycles. The predicted octanol–water partition coefficient (Wildman–Crippen LogP) is 1.99. The molecule has 1 fully saturated rings. The smallest absolute Gasteiger partial charge is 0.293 e. The van der Waals surface area contributed by atoms with Crippen molar-refractivity contribution in [3.05, 3.63) is 35.1 Å². The highest BCUT2D eigenvalue weighted by molar-refractivity contribution is 6.30. The molecule has 0 bridgehead atoms. The fraction of sp³-hybridized carbons (Fsp3) is 0.385. The number of hydrogen-bond acceptors (Lipinski definition) is 4. The van der Waals surface area contributed by atoms with Crippen molar-refractivity contribution in [2.45, 2.75) is 31.7 Å². The van der Waals surface area contributed by atoms with Crippen LogP contribution in [0.25, 0.3) is 5.69 Å². The van der Waals surface area contributed by atoms with E-state index in [-0.39, 0.29) is 17.8 Å². The molecule has 0 atom stereocenters. The maximum atomic E-state index is 12.0. The summed E-state index contributed by atoms with van der Waals surface area (Å²) in [4.78, 5) is 13.3. The van der Waals surface area contributed by atoms with E-state index in [2.05, 4.69) is 20.7 Å². The summed E-state index contributed by atoms with van der Waals surface area (Å²) in [5.74, 6) is -0.177. The maximum Gasteiger partial charge on any atom is 0.293 e. The Morgan fingerprint density at radius 2 is 1.95 bits per heavy atom. The number of rotatable bonds is 3. The molecule has 0 spiro atoms. The van der Waals surface area contributed by atoms with Gasteiger partial charge >= 0.3 is 0 Å². The molecule has 2 aromatic rings. The van der Waals surface area contributed by atoms with Gasteiger partial charge in [-0.2, -0.15) is 0 Å². The van der Waals surface area contributed by atoms with Crippen molar-refractivity contribution < 1.29 is 4.79 Å². The number of aromatic nitrogens is 4. The zero-order valence-corrected chi connectivity index (χ0v) is 11.5. The highest BCUT2D eigenvalue weighted by atomic mass is 35.5. The standard InChI is InChI=1S/C13H14ClN5O/c14-9-5-7-11(8-6-9)19-17-12(16-18-19)13(20)15-10-3-1-2-4-10/h5-8,10H,1-4H2,(H,15,20). The number of amides is 1. The van der Waals surface area contributed by atoms with Crippen molar-refractivity contribution in [3.8, 4) is 5.69 Å². The third-order valence-electron chi connectivity index (χ3n) is 3.36. The van der Waals surface area contributed by atoms with Crippen LogP contribution in [-0.2, 0) is 0 Å². The molecule has 3 rings (SSSR count). The van der Waals surface area contributed by atoms with E-state index in [1.165, 1.54) is 4.80 Å². The minimum absolute atomic E-state index is 0.0897. The van der Waals surface area contributed by atoms with Crippen LogP contribution in [0.2, 0.25) is 5.02 Å². The molecule has 1 aliphatic carbocycles. The number of hydrogen-bond donors (Lipinski definition) is 1. The van der Waals surface area contributed by atoms with Crippen LogP contribution < -0.4 is 5.32 Å². The Bertz CT molecular complexity index is 603. The van der Waals surface area contributed by atoms with Crippen LogP contribution in [0.5, 0.6) is 0 Å². The van der Waals surface area contributed by atoms with E-state index in [1.807, 2.05) is 0 Å². The molecule has 0 unspecified atom stereocenters. The Morgan fingerprint density at radius 3 is 2.65 bits per heavy atom. The number of nitrogens with one attached hydrogen (secondary N) is 1. The third kappa shape index (κ3) is 2.80. The summed E-state index contributed by atoms with van der Waals surface area (Å²) in [6.07, 6.45) is 4.37. The molecule has 1 aliphatic rings. The summed E-state index contributed by atoms with van der Waals surface area (Å²) >= 11 is 5.82. The highest BCUT2D eigenvalue weighted by Gasteiger charge is 2.20. The summed E-state index contributed by atoms with van der Waals surface area (Å²) in [5.41, 5.74) is 0.710. The highest BCUT2D eigenvalue weighted by Crippen LogP contribution is 2.17. The second-order valence-corrected chi connectivity index (χ2v) is 5.27. The van der Waals surface area contributed by atoms with Crippen LogP contribution in [0.15, 0.2) is 24.3 Å². The molecule has 1 saturated carbocycles. The topological polar surface area (TPSA) is 72.7 Å². The van der Waals surface area contributed by atoms with Gasteiger partial charge in [-0.25, -0.2) is 0 Å². The first-order valence-corrected chi connectivity index (χ1v) is 6.97. The van der Waals surface area contributed by atoms with E-state index in [4.69, 9.17) is 11.6 Å². The normalized spacial score (nSPS) is 15.4. The summed E-state index contributed by atoms with van der Waals surface area (Å²) in [6, 6.07) is 7.24. The van der Waals surface area contributed by atoms with E-state index in [9.17, 15) is 4.79 Å². The van der Waals surface area contributed by atoms with Crippen molar-refractivity contribution in [2.24, 2.45) is 0 Å². The first-order valence-electron chi connectivity index (χ1n) is 6.59. The van der Waals surface area contributed by atoms with Crippen LogP contribution in [0.4, 0.5) is 0 Å². The molecule has 0 saturated heterocycles. The van der Waals surface area contributed by atoms with Gasteiger partial charge in [0.2, 0.25) is 0 Å². The van der Waals surface area contributed by atoms with Gasteiger partial charge in [0.05, 0.1) is 5.69 Å². The molecule has 1 heterocycles. The number of tetrazole rings is 1. The van der Waals surface area contributed by atoms with Gasteiger partial charge < -0.3 is 5.32 Å². The zero-order chi connectivity index (χ0) is 13.9. The van der Waals surface area contributed by atoms with E-state index in [0.29, 0.717) is 10.7 Å². The summed E-state index contributed by atoms with van der Waals surface area (Å²) in [6.45, 7) is 0. The summed E-state index contributed by atoms with van der Waals surface area (Å²) in [7, 11) is 0. The Kier molecular flexibility index (Phi) is 3.64. The number of nitrogens with zero attached hydrogens (tertiary/aromatic N) is 4. The quantitative estimate of drug-likeness (QED) is 0.938. The number of benzene rings is 1. The molecule has 20 heavy (non-hydrogen) atoms. The van der Waals surface area contributed by atoms with Crippen molar-refractivity contribution in [1.82, 2.24) is 25.5 Å². The Hall–Kier alpha value is -1.95. The van der Waals surface area contributed by atoms with Crippen LogP contribution >= 0.6 is 11.6 Å². The SMILES string of the molecule is O=C(NC1CCCC1)c1nnn(-c2ccc(Cl)cc2)n1. The number of carbonyl (C=O) groups excluding carboxylic acids is 1. The molecule has 1 N–H and O–H groups in total. The van der Waals surface area contributed by atoms with Crippen LogP contribution in [0.3, 0.4) is 0 Å². The van der Waals surface area contributed by atoms with Gasteiger partial charge in [0.1, 0.15) is 0 Å². The van der Waals surface area contributed by atoms with Crippen molar-refractivity contribution in [3.63, 3.8) is 0 Å². The molecular formula is C13H14ClN5O. The lowest BCUT2D eigenvalue weighted by molar-refractivity contribution is 0.0927. The van der Waals surface area contributed by atoms with Crippen molar-refractivity contribution in [1.29, 1.82) is 0 Å². The minimum Gasteiger partial charge on any atom is -0.346 e. The zero-order valence-electron chi connectivity index (χ0n) is 10.8. The van der Waals surface area contributed by atoms with E-state index in [0.717, 1.165) is 25.7 Å².